The lowest BCUT2D eigenvalue weighted by Gasteiger charge is -2.11. The molecule has 0 N–H and O–H groups in total. The van der Waals surface area contributed by atoms with Crippen molar-refractivity contribution in [3.63, 3.8) is 0 Å². The maximum atomic E-state index is 12.2. The fraction of sp³-hybridized carbons (Fsp3) is 0.0769. The lowest BCUT2D eigenvalue weighted by molar-refractivity contribution is 0.0644. The number of halogens is 2. The van der Waals surface area contributed by atoms with Crippen LogP contribution in [0.1, 0.15) is 25.6 Å². The summed E-state index contributed by atoms with van der Waals surface area (Å²) >= 11 is 8.21. The third-order valence-corrected chi connectivity index (χ3v) is 4.98. The number of rotatable bonds is 2. The molecule has 6 heteroatoms. The molecule has 3 rings (SSSR count). The highest BCUT2D eigenvalue weighted by Crippen LogP contribution is 2.29. The van der Waals surface area contributed by atoms with Crippen molar-refractivity contribution in [3.8, 4) is 0 Å². The van der Waals surface area contributed by atoms with Crippen LogP contribution in [0.4, 0.5) is 0 Å². The van der Waals surface area contributed by atoms with Gasteiger partial charge in [0.1, 0.15) is 0 Å². The molecule has 1 aliphatic rings. The Bertz CT molecular complexity index is 696. The number of thiophene rings is 1. The second-order valence-corrected chi connectivity index (χ2v) is 7.56. The number of imide groups is 1. The van der Waals surface area contributed by atoms with E-state index in [9.17, 15) is 9.59 Å². The first-order chi connectivity index (χ1) is 9.06. The number of hydrogen-bond acceptors (Lipinski definition) is 3. The van der Waals surface area contributed by atoms with Gasteiger partial charge in [0.25, 0.3) is 11.8 Å². The van der Waals surface area contributed by atoms with Crippen molar-refractivity contribution in [1.82, 2.24) is 4.90 Å². The van der Waals surface area contributed by atoms with E-state index >= 15 is 0 Å². The van der Waals surface area contributed by atoms with Gasteiger partial charge >= 0.3 is 0 Å². The minimum Gasteiger partial charge on any atom is -0.269 e. The summed E-state index contributed by atoms with van der Waals surface area (Å²) in [5.74, 6) is -0.456. The van der Waals surface area contributed by atoms with E-state index in [4.69, 9.17) is 0 Å². The molecule has 0 aliphatic carbocycles. The SMILES string of the molecule is O=C1c2ccc(Br)cc2C(=O)N1Cc1ccc(Br)s1. The summed E-state index contributed by atoms with van der Waals surface area (Å²) < 4.78 is 1.79. The van der Waals surface area contributed by atoms with E-state index in [1.807, 2.05) is 12.1 Å². The summed E-state index contributed by atoms with van der Waals surface area (Å²) in [6.45, 7) is 0.320. The first kappa shape index (κ1) is 13.0. The van der Waals surface area contributed by atoms with Gasteiger partial charge in [-0.15, -0.1) is 11.3 Å². The average molecular weight is 401 g/mol. The molecule has 0 atom stereocenters. The fourth-order valence-corrected chi connectivity index (χ4v) is 3.83. The van der Waals surface area contributed by atoms with E-state index in [-0.39, 0.29) is 11.8 Å². The maximum absolute atomic E-state index is 12.2. The van der Waals surface area contributed by atoms with Crippen molar-refractivity contribution >= 4 is 55.0 Å². The van der Waals surface area contributed by atoms with Gasteiger partial charge in [-0.25, -0.2) is 0 Å². The van der Waals surface area contributed by atoms with Crippen LogP contribution in [0.15, 0.2) is 38.6 Å². The van der Waals surface area contributed by atoms with Crippen LogP contribution in [0.25, 0.3) is 0 Å². The van der Waals surface area contributed by atoms with E-state index in [0.717, 1.165) is 13.1 Å². The highest BCUT2D eigenvalue weighted by atomic mass is 79.9. The van der Waals surface area contributed by atoms with Crippen LogP contribution >= 0.6 is 43.2 Å². The summed E-state index contributed by atoms with van der Waals surface area (Å²) in [6.07, 6.45) is 0. The van der Waals surface area contributed by atoms with Crippen molar-refractivity contribution in [2.24, 2.45) is 0 Å². The number of fused-ring (bicyclic) bond motifs is 1. The van der Waals surface area contributed by atoms with Crippen LogP contribution in [0, 0.1) is 0 Å². The lowest BCUT2D eigenvalue weighted by atomic mass is 10.1. The molecule has 2 heterocycles. The molecule has 1 aromatic heterocycles. The molecule has 0 bridgehead atoms. The first-order valence-electron chi connectivity index (χ1n) is 5.46. The van der Waals surface area contributed by atoms with E-state index in [1.54, 1.807) is 18.2 Å². The predicted molar refractivity (Wildman–Crippen MR) is 80.4 cm³/mol. The maximum Gasteiger partial charge on any atom is 0.261 e. The van der Waals surface area contributed by atoms with Crippen LogP contribution in [-0.4, -0.2) is 16.7 Å². The first-order valence-corrected chi connectivity index (χ1v) is 7.86. The zero-order valence-corrected chi connectivity index (χ0v) is 13.5. The minimum atomic E-state index is -0.231. The molecule has 1 aromatic carbocycles. The number of nitrogens with zero attached hydrogens (tertiary/aromatic N) is 1. The average Bonchev–Trinajstić information content (AvgIpc) is 2.88. The highest BCUT2D eigenvalue weighted by molar-refractivity contribution is 9.11. The fourth-order valence-electron chi connectivity index (χ4n) is 2.00. The lowest BCUT2D eigenvalue weighted by Crippen LogP contribution is -2.28. The number of amides is 2. The summed E-state index contributed by atoms with van der Waals surface area (Å²) in [5.41, 5.74) is 0.943. The Balaban J connectivity index is 1.94. The van der Waals surface area contributed by atoms with E-state index in [1.165, 1.54) is 16.2 Å². The second-order valence-electron chi connectivity index (χ2n) is 4.09. The van der Waals surface area contributed by atoms with Gasteiger partial charge in [0.05, 0.1) is 21.5 Å². The van der Waals surface area contributed by atoms with Gasteiger partial charge in [0.15, 0.2) is 0 Å². The Morgan fingerprint density at radius 2 is 1.74 bits per heavy atom. The van der Waals surface area contributed by atoms with Gasteiger partial charge in [-0.2, -0.15) is 0 Å². The number of benzene rings is 1. The molecule has 0 spiro atoms. The molecular weight excluding hydrogens is 394 g/mol. The molecule has 0 fully saturated rings. The number of hydrogen-bond donors (Lipinski definition) is 0. The summed E-state index contributed by atoms with van der Waals surface area (Å²) in [6, 6.07) is 8.97. The Morgan fingerprint density at radius 1 is 1.00 bits per heavy atom. The molecule has 96 valence electrons. The highest BCUT2D eigenvalue weighted by Gasteiger charge is 2.35. The van der Waals surface area contributed by atoms with Crippen molar-refractivity contribution in [1.29, 1.82) is 0 Å². The molecule has 0 saturated carbocycles. The van der Waals surface area contributed by atoms with Gasteiger partial charge < -0.3 is 0 Å². The van der Waals surface area contributed by atoms with Gasteiger partial charge in [-0.1, -0.05) is 15.9 Å². The Morgan fingerprint density at radius 3 is 2.42 bits per heavy atom. The normalized spacial score (nSPS) is 14.1. The largest absolute Gasteiger partial charge is 0.269 e. The summed E-state index contributed by atoms with van der Waals surface area (Å²) in [7, 11) is 0. The quantitative estimate of drug-likeness (QED) is 0.712. The number of carbonyl (C=O) groups is 2. The smallest absolute Gasteiger partial charge is 0.261 e. The molecule has 0 saturated heterocycles. The molecule has 1 aliphatic heterocycles. The van der Waals surface area contributed by atoms with Crippen molar-refractivity contribution in [2.45, 2.75) is 6.54 Å². The Hall–Kier alpha value is -0.980. The topological polar surface area (TPSA) is 37.4 Å². The van der Waals surface area contributed by atoms with Crippen LogP contribution < -0.4 is 0 Å². The van der Waals surface area contributed by atoms with Gasteiger partial charge in [0.2, 0.25) is 0 Å². The van der Waals surface area contributed by atoms with Gasteiger partial charge in [0, 0.05) is 9.35 Å². The zero-order chi connectivity index (χ0) is 13.6. The minimum absolute atomic E-state index is 0.225. The monoisotopic (exact) mass is 399 g/mol. The van der Waals surface area contributed by atoms with E-state index in [2.05, 4.69) is 31.9 Å². The molecule has 0 unspecified atom stereocenters. The summed E-state index contributed by atoms with van der Waals surface area (Å²) in [4.78, 5) is 26.7. The second kappa shape index (κ2) is 4.85. The van der Waals surface area contributed by atoms with Crippen LogP contribution in [0.5, 0.6) is 0 Å². The number of carbonyl (C=O) groups excluding carboxylic acids is 2. The predicted octanol–water partition coefficient (Wildman–Crippen LogP) is 4.07. The van der Waals surface area contributed by atoms with Gasteiger partial charge in [-0.05, 0) is 46.3 Å². The third kappa shape index (κ3) is 2.28. The van der Waals surface area contributed by atoms with E-state index in [0.29, 0.717) is 17.7 Å². The van der Waals surface area contributed by atoms with Crippen LogP contribution in [0.2, 0.25) is 0 Å². The van der Waals surface area contributed by atoms with Crippen molar-refractivity contribution in [2.75, 3.05) is 0 Å². The van der Waals surface area contributed by atoms with Crippen LogP contribution in [0.3, 0.4) is 0 Å². The third-order valence-electron chi connectivity index (χ3n) is 2.88. The molecule has 2 aromatic rings. The Labute approximate surface area is 130 Å². The molecule has 3 nitrogen and oxygen atoms in total. The van der Waals surface area contributed by atoms with E-state index < -0.39 is 0 Å². The van der Waals surface area contributed by atoms with Gasteiger partial charge in [-0.3, -0.25) is 14.5 Å². The molecule has 0 radical (unpaired) electrons. The molecular formula is C13H7Br2NO2S. The molecule has 19 heavy (non-hydrogen) atoms. The zero-order valence-electron chi connectivity index (χ0n) is 9.52. The Kier molecular flexibility index (Phi) is 3.32. The standard InChI is InChI=1S/C13H7Br2NO2S/c14-7-1-3-9-10(5-7)13(18)16(12(9)17)6-8-2-4-11(15)19-8/h1-5H,6H2. The summed E-state index contributed by atoms with van der Waals surface area (Å²) in [5, 5.41) is 0. The molecule has 2 amide bonds. The van der Waals surface area contributed by atoms with Crippen LogP contribution in [-0.2, 0) is 6.54 Å². The van der Waals surface area contributed by atoms with Crippen molar-refractivity contribution < 1.29 is 9.59 Å². The van der Waals surface area contributed by atoms with Crippen molar-refractivity contribution in [3.05, 3.63) is 54.6 Å².